The average Bonchev–Trinajstić information content (AvgIpc) is 2.72. The first-order chi connectivity index (χ1) is 7.72. The summed E-state index contributed by atoms with van der Waals surface area (Å²) >= 11 is 12.0. The van der Waals surface area contributed by atoms with Gasteiger partial charge in [-0.15, -0.1) is 0 Å². The van der Waals surface area contributed by atoms with Crippen molar-refractivity contribution in [3.05, 3.63) is 28.2 Å². The van der Waals surface area contributed by atoms with Gasteiger partial charge in [-0.25, -0.2) is 0 Å². The van der Waals surface area contributed by atoms with E-state index < -0.39 is 0 Å². The Morgan fingerprint density at radius 3 is 2.88 bits per heavy atom. The van der Waals surface area contributed by atoms with Crippen molar-refractivity contribution >= 4 is 28.9 Å². The Morgan fingerprint density at radius 2 is 2.12 bits per heavy atom. The monoisotopic (exact) mass is 254 g/mol. The van der Waals surface area contributed by atoms with Crippen LogP contribution in [0.3, 0.4) is 0 Å². The number of nitriles is 1. The lowest BCUT2D eigenvalue weighted by atomic mass is 10.1. The Balaban J connectivity index is 2.15. The number of halogens is 2. The Kier molecular flexibility index (Phi) is 3.58. The fourth-order valence-corrected chi connectivity index (χ4v) is 2.46. The molecule has 0 aromatic heterocycles. The number of rotatable bonds is 2. The molecule has 16 heavy (non-hydrogen) atoms. The first-order valence-corrected chi connectivity index (χ1v) is 6.08. The van der Waals surface area contributed by atoms with Gasteiger partial charge in [-0.1, -0.05) is 29.3 Å². The van der Waals surface area contributed by atoms with E-state index in [-0.39, 0.29) is 12.0 Å². The summed E-state index contributed by atoms with van der Waals surface area (Å²) in [6.07, 6.45) is 3.07. The summed E-state index contributed by atoms with van der Waals surface area (Å²) in [6, 6.07) is 8.02. The van der Waals surface area contributed by atoms with Gasteiger partial charge in [0.25, 0.3) is 0 Å². The molecule has 0 heterocycles. The molecule has 1 aromatic rings. The molecule has 2 rings (SSSR count). The highest BCUT2D eigenvalue weighted by Crippen LogP contribution is 2.33. The minimum Gasteiger partial charge on any atom is -0.380 e. The minimum absolute atomic E-state index is 0.0787. The van der Waals surface area contributed by atoms with Gasteiger partial charge in [0.2, 0.25) is 0 Å². The molecule has 4 heteroatoms. The number of nitrogens with one attached hydrogen (secondary N) is 1. The highest BCUT2D eigenvalue weighted by molar-refractivity contribution is 6.43. The maximum Gasteiger partial charge on any atom is 0.0823 e. The van der Waals surface area contributed by atoms with E-state index in [1.165, 1.54) is 0 Å². The third-order valence-electron chi connectivity index (χ3n) is 2.97. The molecule has 0 amide bonds. The first kappa shape index (κ1) is 11.6. The molecule has 0 spiro atoms. The summed E-state index contributed by atoms with van der Waals surface area (Å²) in [5.41, 5.74) is 0.821. The molecule has 1 aliphatic rings. The van der Waals surface area contributed by atoms with Crippen molar-refractivity contribution in [3.63, 3.8) is 0 Å². The lowest BCUT2D eigenvalue weighted by molar-refractivity contribution is 0.630. The fourth-order valence-electron chi connectivity index (χ4n) is 2.10. The van der Waals surface area contributed by atoms with E-state index in [2.05, 4.69) is 11.4 Å². The van der Waals surface area contributed by atoms with Crippen molar-refractivity contribution < 1.29 is 0 Å². The van der Waals surface area contributed by atoms with Crippen molar-refractivity contribution in [2.75, 3.05) is 5.32 Å². The number of hydrogen-bond donors (Lipinski definition) is 1. The fraction of sp³-hybridized carbons (Fsp3) is 0.417. The van der Waals surface area contributed by atoms with Crippen molar-refractivity contribution in [1.29, 1.82) is 5.26 Å². The van der Waals surface area contributed by atoms with Crippen LogP contribution in [0, 0.1) is 17.2 Å². The van der Waals surface area contributed by atoms with Crippen molar-refractivity contribution in [3.8, 4) is 6.07 Å². The van der Waals surface area contributed by atoms with Gasteiger partial charge >= 0.3 is 0 Å². The van der Waals surface area contributed by atoms with Crippen LogP contribution in [0.2, 0.25) is 10.0 Å². The Hall–Kier alpha value is -0.910. The molecule has 0 aliphatic heterocycles. The van der Waals surface area contributed by atoms with E-state index in [4.69, 9.17) is 28.5 Å². The van der Waals surface area contributed by atoms with Gasteiger partial charge < -0.3 is 5.32 Å². The van der Waals surface area contributed by atoms with Gasteiger partial charge in [0.15, 0.2) is 0 Å². The number of benzene rings is 1. The molecular formula is C12H12Cl2N2. The average molecular weight is 255 g/mol. The van der Waals surface area contributed by atoms with Gasteiger partial charge in [0, 0.05) is 6.04 Å². The second-order valence-electron chi connectivity index (χ2n) is 4.02. The van der Waals surface area contributed by atoms with Crippen molar-refractivity contribution in [1.82, 2.24) is 0 Å². The van der Waals surface area contributed by atoms with E-state index in [1.807, 2.05) is 12.1 Å². The van der Waals surface area contributed by atoms with Crippen LogP contribution < -0.4 is 5.32 Å². The van der Waals surface area contributed by atoms with Crippen LogP contribution in [-0.4, -0.2) is 6.04 Å². The van der Waals surface area contributed by atoms with Crippen LogP contribution in [0.15, 0.2) is 18.2 Å². The van der Waals surface area contributed by atoms with Gasteiger partial charge in [-0.2, -0.15) is 5.26 Å². The zero-order valence-electron chi connectivity index (χ0n) is 8.71. The maximum atomic E-state index is 8.99. The largest absolute Gasteiger partial charge is 0.380 e. The molecule has 1 N–H and O–H groups in total. The quantitative estimate of drug-likeness (QED) is 0.863. The Morgan fingerprint density at radius 1 is 1.31 bits per heavy atom. The van der Waals surface area contributed by atoms with Crippen LogP contribution in [-0.2, 0) is 0 Å². The Bertz CT molecular complexity index is 426. The molecule has 1 aliphatic carbocycles. The molecule has 2 atom stereocenters. The van der Waals surface area contributed by atoms with E-state index in [0.29, 0.717) is 10.0 Å². The van der Waals surface area contributed by atoms with E-state index in [1.54, 1.807) is 6.07 Å². The molecule has 1 fully saturated rings. The summed E-state index contributed by atoms with van der Waals surface area (Å²) in [5.74, 6) is 0.0787. The predicted octanol–water partition coefficient (Wildman–Crippen LogP) is 4.10. The SMILES string of the molecule is N#CC1CCCC1Nc1cccc(Cl)c1Cl. The lowest BCUT2D eigenvalue weighted by Gasteiger charge is -2.18. The predicted molar refractivity (Wildman–Crippen MR) is 66.8 cm³/mol. The molecule has 2 unspecified atom stereocenters. The molecule has 0 saturated heterocycles. The second-order valence-corrected chi connectivity index (χ2v) is 4.80. The zero-order chi connectivity index (χ0) is 11.5. The van der Waals surface area contributed by atoms with Crippen LogP contribution in [0.5, 0.6) is 0 Å². The van der Waals surface area contributed by atoms with Gasteiger partial charge in [-0.3, -0.25) is 0 Å². The summed E-state index contributed by atoms with van der Waals surface area (Å²) in [5, 5.41) is 13.4. The summed E-state index contributed by atoms with van der Waals surface area (Å²) < 4.78 is 0. The summed E-state index contributed by atoms with van der Waals surface area (Å²) in [4.78, 5) is 0. The standard InChI is InChI=1S/C12H12Cl2N2/c13-9-4-2-6-11(12(9)14)16-10-5-1-3-8(10)7-15/h2,4,6,8,10,16H,1,3,5H2. The maximum absolute atomic E-state index is 8.99. The normalized spacial score (nSPS) is 24.1. The van der Waals surface area contributed by atoms with Crippen molar-refractivity contribution in [2.24, 2.45) is 5.92 Å². The number of nitrogens with zero attached hydrogens (tertiary/aromatic N) is 1. The van der Waals surface area contributed by atoms with Crippen molar-refractivity contribution in [2.45, 2.75) is 25.3 Å². The third kappa shape index (κ3) is 2.26. The topological polar surface area (TPSA) is 35.8 Å². The number of hydrogen-bond acceptors (Lipinski definition) is 2. The van der Waals surface area contributed by atoms with E-state index in [0.717, 1.165) is 24.9 Å². The molecule has 84 valence electrons. The molecule has 1 aromatic carbocycles. The lowest BCUT2D eigenvalue weighted by Crippen LogP contribution is -2.22. The van der Waals surface area contributed by atoms with E-state index in [9.17, 15) is 0 Å². The van der Waals surface area contributed by atoms with Crippen LogP contribution in [0.25, 0.3) is 0 Å². The smallest absolute Gasteiger partial charge is 0.0823 e. The third-order valence-corrected chi connectivity index (χ3v) is 3.79. The van der Waals surface area contributed by atoms with Gasteiger partial charge in [-0.05, 0) is 31.4 Å². The van der Waals surface area contributed by atoms with Gasteiger partial charge in [0.05, 0.1) is 27.7 Å². The van der Waals surface area contributed by atoms with Crippen LogP contribution in [0.4, 0.5) is 5.69 Å². The van der Waals surface area contributed by atoms with E-state index >= 15 is 0 Å². The van der Waals surface area contributed by atoms with Crippen LogP contribution >= 0.6 is 23.2 Å². The summed E-state index contributed by atoms with van der Waals surface area (Å²) in [6.45, 7) is 0. The van der Waals surface area contributed by atoms with Crippen LogP contribution in [0.1, 0.15) is 19.3 Å². The zero-order valence-corrected chi connectivity index (χ0v) is 10.2. The van der Waals surface area contributed by atoms with Gasteiger partial charge in [0.1, 0.15) is 0 Å². The Labute approximate surface area is 105 Å². The number of anilines is 1. The molecular weight excluding hydrogens is 243 g/mol. The molecule has 1 saturated carbocycles. The highest BCUT2D eigenvalue weighted by atomic mass is 35.5. The minimum atomic E-state index is 0.0787. The summed E-state index contributed by atoms with van der Waals surface area (Å²) in [7, 11) is 0. The molecule has 0 bridgehead atoms. The highest BCUT2D eigenvalue weighted by Gasteiger charge is 2.27. The molecule has 2 nitrogen and oxygen atoms in total. The first-order valence-electron chi connectivity index (χ1n) is 5.32. The second kappa shape index (κ2) is 4.95. The molecule has 0 radical (unpaired) electrons.